The molecule has 0 aromatic heterocycles. The van der Waals surface area contributed by atoms with Crippen LogP contribution in [-0.2, 0) is 6.42 Å². The Hall–Kier alpha value is -1.44. The molecule has 0 aliphatic carbocycles. The van der Waals surface area contributed by atoms with E-state index in [9.17, 15) is 8.78 Å². The number of alkyl halides is 2. The first-order chi connectivity index (χ1) is 8.62. The molecule has 0 bridgehead atoms. The van der Waals surface area contributed by atoms with E-state index in [4.69, 9.17) is 0 Å². The lowest BCUT2D eigenvalue weighted by Crippen LogP contribution is -2.14. The van der Waals surface area contributed by atoms with Gasteiger partial charge in [0, 0.05) is 12.8 Å². The largest absolute Gasteiger partial charge is 0.247 e. The van der Waals surface area contributed by atoms with Crippen molar-refractivity contribution in [1.29, 1.82) is 0 Å². The van der Waals surface area contributed by atoms with E-state index in [-0.39, 0.29) is 12.8 Å². The molecule has 0 amide bonds. The summed E-state index contributed by atoms with van der Waals surface area (Å²) in [5.41, 5.74) is 1.17. The number of fused-ring (bicyclic) bond motifs is 1. The fourth-order valence-electron chi connectivity index (χ4n) is 2.22. The van der Waals surface area contributed by atoms with Crippen molar-refractivity contribution in [3.05, 3.63) is 48.0 Å². The average Bonchev–Trinajstić information content (AvgIpc) is 2.39. The highest BCUT2D eigenvalue weighted by molar-refractivity contribution is 5.85. The van der Waals surface area contributed by atoms with E-state index in [1.165, 1.54) is 23.3 Å². The van der Waals surface area contributed by atoms with Gasteiger partial charge < -0.3 is 0 Å². The highest BCUT2D eigenvalue weighted by Crippen LogP contribution is 2.26. The Labute approximate surface area is 107 Å². The lowest BCUT2D eigenvalue weighted by atomic mass is 9.99. The van der Waals surface area contributed by atoms with Crippen molar-refractivity contribution >= 4 is 10.8 Å². The summed E-state index contributed by atoms with van der Waals surface area (Å²) in [6, 6.07) is 14.2. The van der Waals surface area contributed by atoms with Crippen LogP contribution in [0.25, 0.3) is 10.8 Å². The van der Waals surface area contributed by atoms with Crippen molar-refractivity contribution in [3.63, 3.8) is 0 Å². The van der Waals surface area contributed by atoms with Crippen LogP contribution in [0.1, 0.15) is 31.7 Å². The first-order valence-electron chi connectivity index (χ1n) is 6.47. The van der Waals surface area contributed by atoms with E-state index in [0.717, 1.165) is 6.42 Å². The molecule has 2 aromatic rings. The second kappa shape index (κ2) is 5.47. The minimum absolute atomic E-state index is 0.0211. The third kappa shape index (κ3) is 3.06. The molecule has 18 heavy (non-hydrogen) atoms. The molecule has 0 N–H and O–H groups in total. The predicted molar refractivity (Wildman–Crippen MR) is 72.1 cm³/mol. The Balaban J connectivity index is 2.08. The van der Waals surface area contributed by atoms with E-state index >= 15 is 0 Å². The van der Waals surface area contributed by atoms with E-state index in [0.29, 0.717) is 6.42 Å². The van der Waals surface area contributed by atoms with Gasteiger partial charge in [0.15, 0.2) is 0 Å². The molecule has 0 heterocycles. The summed E-state index contributed by atoms with van der Waals surface area (Å²) in [7, 11) is 0. The highest BCUT2D eigenvalue weighted by atomic mass is 19.3. The van der Waals surface area contributed by atoms with Crippen molar-refractivity contribution in [3.8, 4) is 0 Å². The van der Waals surface area contributed by atoms with Gasteiger partial charge in [0.25, 0.3) is 0 Å². The maximum Gasteiger partial charge on any atom is 0.247 e. The van der Waals surface area contributed by atoms with Crippen LogP contribution in [-0.4, -0.2) is 5.92 Å². The molecule has 2 rings (SSSR count). The molecule has 0 nitrogen and oxygen atoms in total. The minimum Gasteiger partial charge on any atom is -0.207 e. The fourth-order valence-corrected chi connectivity index (χ4v) is 2.22. The summed E-state index contributed by atoms with van der Waals surface area (Å²) < 4.78 is 26.3. The van der Waals surface area contributed by atoms with Gasteiger partial charge in [-0.15, -0.1) is 0 Å². The van der Waals surface area contributed by atoms with Crippen LogP contribution < -0.4 is 0 Å². The smallest absolute Gasteiger partial charge is 0.207 e. The van der Waals surface area contributed by atoms with Gasteiger partial charge in [0.1, 0.15) is 0 Å². The number of halogens is 2. The summed E-state index contributed by atoms with van der Waals surface area (Å²) in [6.07, 6.45) is 1.17. The zero-order chi connectivity index (χ0) is 13.0. The van der Waals surface area contributed by atoms with E-state index in [1.54, 1.807) is 0 Å². The Morgan fingerprint density at radius 1 is 1.00 bits per heavy atom. The van der Waals surface area contributed by atoms with Crippen LogP contribution >= 0.6 is 0 Å². The second-order valence-corrected chi connectivity index (χ2v) is 4.70. The van der Waals surface area contributed by atoms with Crippen LogP contribution in [0.3, 0.4) is 0 Å². The molecular formula is C16H18F2. The van der Waals surface area contributed by atoms with E-state index in [1.807, 2.05) is 24.3 Å². The van der Waals surface area contributed by atoms with Gasteiger partial charge in [-0.2, -0.15) is 0 Å². The number of hydrogen-bond donors (Lipinski definition) is 0. The van der Waals surface area contributed by atoms with Crippen LogP contribution in [0.15, 0.2) is 42.5 Å². The molecule has 0 unspecified atom stereocenters. The highest BCUT2D eigenvalue weighted by Gasteiger charge is 2.24. The third-order valence-corrected chi connectivity index (χ3v) is 3.39. The Morgan fingerprint density at radius 3 is 2.50 bits per heavy atom. The lowest BCUT2D eigenvalue weighted by molar-refractivity contribution is -0.0130. The summed E-state index contributed by atoms with van der Waals surface area (Å²) in [4.78, 5) is 0. The second-order valence-electron chi connectivity index (χ2n) is 4.70. The van der Waals surface area contributed by atoms with E-state index in [2.05, 4.69) is 18.2 Å². The van der Waals surface area contributed by atoms with Gasteiger partial charge >= 0.3 is 0 Å². The van der Waals surface area contributed by atoms with Crippen LogP contribution in [0, 0.1) is 0 Å². The standard InChI is InChI=1S/C16H18F2/c1-2-16(17,18)12-6-10-14-9-5-8-13-7-3-4-11-15(13)14/h3-5,7-9,11H,2,6,10,12H2,1H3. The quantitative estimate of drug-likeness (QED) is 0.681. The number of benzene rings is 2. The van der Waals surface area contributed by atoms with Gasteiger partial charge in [-0.25, -0.2) is 8.78 Å². The number of rotatable bonds is 5. The third-order valence-electron chi connectivity index (χ3n) is 3.39. The molecule has 0 radical (unpaired) electrons. The molecule has 0 fully saturated rings. The van der Waals surface area contributed by atoms with Gasteiger partial charge in [0.2, 0.25) is 5.92 Å². The maximum atomic E-state index is 13.2. The Bertz CT molecular complexity index is 512. The summed E-state index contributed by atoms with van der Waals surface area (Å²) in [5.74, 6) is -2.51. The fraction of sp³-hybridized carbons (Fsp3) is 0.375. The van der Waals surface area contributed by atoms with Gasteiger partial charge in [-0.1, -0.05) is 49.4 Å². The first kappa shape index (κ1) is 13.0. The van der Waals surface area contributed by atoms with Crippen molar-refractivity contribution in [2.24, 2.45) is 0 Å². The molecule has 2 aromatic carbocycles. The monoisotopic (exact) mass is 248 g/mol. The zero-order valence-electron chi connectivity index (χ0n) is 10.6. The Morgan fingerprint density at radius 2 is 1.72 bits per heavy atom. The SMILES string of the molecule is CCC(F)(F)CCCc1cccc2ccccc12. The van der Waals surface area contributed by atoms with Crippen molar-refractivity contribution in [1.82, 2.24) is 0 Å². The summed E-state index contributed by atoms with van der Waals surface area (Å²) in [5, 5.41) is 2.36. The van der Waals surface area contributed by atoms with Crippen LogP contribution in [0.2, 0.25) is 0 Å². The molecule has 0 atom stereocenters. The molecule has 0 saturated carbocycles. The Kier molecular flexibility index (Phi) is 3.95. The molecule has 0 aliphatic heterocycles. The lowest BCUT2D eigenvalue weighted by Gasteiger charge is -2.13. The molecular weight excluding hydrogens is 230 g/mol. The summed E-state index contributed by atoms with van der Waals surface area (Å²) in [6.45, 7) is 1.54. The maximum absolute atomic E-state index is 13.2. The van der Waals surface area contributed by atoms with Crippen LogP contribution in [0.4, 0.5) is 8.78 Å². The predicted octanol–water partition coefficient (Wildman–Crippen LogP) is 5.21. The van der Waals surface area contributed by atoms with Crippen molar-refractivity contribution < 1.29 is 8.78 Å². The number of aryl methyl sites for hydroxylation is 1. The summed E-state index contributed by atoms with van der Waals surface area (Å²) >= 11 is 0. The molecule has 0 aliphatic rings. The topological polar surface area (TPSA) is 0 Å². The average molecular weight is 248 g/mol. The van der Waals surface area contributed by atoms with Gasteiger partial charge in [0.05, 0.1) is 0 Å². The van der Waals surface area contributed by atoms with E-state index < -0.39 is 5.92 Å². The molecule has 96 valence electrons. The van der Waals surface area contributed by atoms with Crippen molar-refractivity contribution in [2.75, 3.05) is 0 Å². The van der Waals surface area contributed by atoms with Crippen LogP contribution in [0.5, 0.6) is 0 Å². The minimum atomic E-state index is -2.51. The normalized spacial score (nSPS) is 11.9. The first-order valence-corrected chi connectivity index (χ1v) is 6.47. The number of hydrogen-bond acceptors (Lipinski definition) is 0. The zero-order valence-corrected chi connectivity index (χ0v) is 10.6. The molecule has 0 saturated heterocycles. The van der Waals surface area contributed by atoms with Gasteiger partial charge in [-0.05, 0) is 29.2 Å². The van der Waals surface area contributed by atoms with Crippen molar-refractivity contribution in [2.45, 2.75) is 38.5 Å². The molecule has 0 spiro atoms. The van der Waals surface area contributed by atoms with Gasteiger partial charge in [-0.3, -0.25) is 0 Å². The molecule has 2 heteroatoms.